The zero-order valence-electron chi connectivity index (χ0n) is 12.1. The lowest BCUT2D eigenvalue weighted by molar-refractivity contribution is 0.251. The van der Waals surface area contributed by atoms with E-state index in [1.54, 1.807) is 12.1 Å². The summed E-state index contributed by atoms with van der Waals surface area (Å²) < 4.78 is 22.3. The van der Waals surface area contributed by atoms with Crippen LogP contribution in [0.5, 0.6) is 0 Å². The molecule has 1 heterocycles. The van der Waals surface area contributed by atoms with Gasteiger partial charge in [0.1, 0.15) is 0 Å². The summed E-state index contributed by atoms with van der Waals surface area (Å²) in [6.45, 7) is 3.41. The first-order valence-corrected chi connectivity index (χ1v) is 8.59. The standard InChI is InChI=1S/C15H22N2O2S.ClH/c16-20(18,19)15-9-7-14(8-10-15)6-2-5-13-17-11-3-1-4-12-17;/h2,5,7-10H,1,3-4,6,11-13H2,(H2,16,18,19);1H/b5-2+;. The molecule has 1 saturated heterocycles. The van der Waals surface area contributed by atoms with Gasteiger partial charge in [-0.05, 0) is 50.0 Å². The van der Waals surface area contributed by atoms with E-state index in [-0.39, 0.29) is 17.3 Å². The fourth-order valence-electron chi connectivity index (χ4n) is 2.40. The molecule has 0 spiro atoms. The van der Waals surface area contributed by atoms with Gasteiger partial charge in [0.15, 0.2) is 0 Å². The molecule has 0 radical (unpaired) electrons. The van der Waals surface area contributed by atoms with Crippen molar-refractivity contribution in [1.82, 2.24) is 4.90 Å². The van der Waals surface area contributed by atoms with Crippen LogP contribution in [-0.4, -0.2) is 33.0 Å². The van der Waals surface area contributed by atoms with Gasteiger partial charge in [0.25, 0.3) is 0 Å². The predicted octanol–water partition coefficient (Wildman–Crippen LogP) is 2.34. The number of likely N-dealkylation sites (tertiary alicyclic amines) is 1. The number of hydrogen-bond acceptors (Lipinski definition) is 3. The molecule has 0 aromatic heterocycles. The van der Waals surface area contributed by atoms with Gasteiger partial charge in [0.05, 0.1) is 4.90 Å². The highest BCUT2D eigenvalue weighted by molar-refractivity contribution is 7.89. The summed E-state index contributed by atoms with van der Waals surface area (Å²) in [6, 6.07) is 6.74. The third-order valence-electron chi connectivity index (χ3n) is 3.58. The highest BCUT2D eigenvalue weighted by atomic mass is 35.5. The van der Waals surface area contributed by atoms with Gasteiger partial charge < -0.3 is 0 Å². The van der Waals surface area contributed by atoms with Crippen molar-refractivity contribution in [3.63, 3.8) is 0 Å². The van der Waals surface area contributed by atoms with Crippen LogP contribution in [-0.2, 0) is 16.4 Å². The van der Waals surface area contributed by atoms with Crippen LogP contribution < -0.4 is 5.14 Å². The molecule has 4 nitrogen and oxygen atoms in total. The summed E-state index contributed by atoms with van der Waals surface area (Å²) in [5, 5.41) is 5.06. The van der Waals surface area contributed by atoms with Crippen LogP contribution >= 0.6 is 12.4 Å². The number of nitrogens with zero attached hydrogens (tertiary/aromatic N) is 1. The third kappa shape index (κ3) is 6.18. The summed E-state index contributed by atoms with van der Waals surface area (Å²) >= 11 is 0. The van der Waals surface area contributed by atoms with Crippen molar-refractivity contribution in [2.45, 2.75) is 30.6 Å². The van der Waals surface area contributed by atoms with Gasteiger partial charge in [-0.2, -0.15) is 0 Å². The minimum absolute atomic E-state index is 0. The molecule has 2 rings (SSSR count). The lowest BCUT2D eigenvalue weighted by Crippen LogP contribution is -2.29. The van der Waals surface area contributed by atoms with Gasteiger partial charge in [0.2, 0.25) is 10.0 Å². The van der Waals surface area contributed by atoms with Crippen LogP contribution in [0.2, 0.25) is 0 Å². The van der Waals surface area contributed by atoms with Gasteiger partial charge >= 0.3 is 0 Å². The number of hydrogen-bond donors (Lipinski definition) is 1. The number of primary sulfonamides is 1. The molecule has 0 atom stereocenters. The Morgan fingerprint density at radius 3 is 2.24 bits per heavy atom. The number of piperidine rings is 1. The molecule has 2 N–H and O–H groups in total. The topological polar surface area (TPSA) is 63.4 Å². The molecule has 0 saturated carbocycles. The second kappa shape index (κ2) is 8.54. The minimum Gasteiger partial charge on any atom is -0.300 e. The quantitative estimate of drug-likeness (QED) is 0.843. The summed E-state index contributed by atoms with van der Waals surface area (Å²) in [5.41, 5.74) is 1.09. The number of nitrogens with two attached hydrogens (primary N) is 1. The van der Waals surface area contributed by atoms with Gasteiger partial charge in [-0.15, -0.1) is 12.4 Å². The van der Waals surface area contributed by atoms with Crippen molar-refractivity contribution in [2.24, 2.45) is 5.14 Å². The lowest BCUT2D eigenvalue weighted by atomic mass is 10.1. The Balaban J connectivity index is 0.00000220. The highest BCUT2D eigenvalue weighted by Crippen LogP contribution is 2.10. The zero-order valence-corrected chi connectivity index (χ0v) is 13.7. The Bertz CT molecular complexity index is 550. The first kappa shape index (κ1) is 18.2. The van der Waals surface area contributed by atoms with Crippen molar-refractivity contribution in [3.8, 4) is 0 Å². The molecule has 118 valence electrons. The van der Waals surface area contributed by atoms with Crippen molar-refractivity contribution in [2.75, 3.05) is 19.6 Å². The summed E-state index contributed by atoms with van der Waals surface area (Å²) in [4.78, 5) is 2.63. The minimum atomic E-state index is -3.58. The van der Waals surface area contributed by atoms with Crippen LogP contribution in [0.3, 0.4) is 0 Å². The lowest BCUT2D eigenvalue weighted by Gasteiger charge is -2.24. The molecule has 0 unspecified atom stereocenters. The Morgan fingerprint density at radius 1 is 1.05 bits per heavy atom. The molecule has 0 amide bonds. The van der Waals surface area contributed by atoms with Gasteiger partial charge in [-0.1, -0.05) is 30.7 Å². The Labute approximate surface area is 133 Å². The SMILES string of the molecule is Cl.NS(=O)(=O)c1ccc(C/C=C/CN2CCCCC2)cc1. The number of sulfonamides is 1. The van der Waals surface area contributed by atoms with E-state index >= 15 is 0 Å². The summed E-state index contributed by atoms with van der Waals surface area (Å²) in [6.07, 6.45) is 9.13. The van der Waals surface area contributed by atoms with E-state index in [0.29, 0.717) is 0 Å². The van der Waals surface area contributed by atoms with Crippen LogP contribution in [0.15, 0.2) is 41.3 Å². The fraction of sp³-hybridized carbons (Fsp3) is 0.467. The predicted molar refractivity (Wildman–Crippen MR) is 88.2 cm³/mol. The molecule has 1 fully saturated rings. The Kier molecular flexibility index (Phi) is 7.39. The molecular weight excluding hydrogens is 308 g/mol. The molecular formula is C15H23ClN2O2S. The summed E-state index contributed by atoms with van der Waals surface area (Å²) in [5.74, 6) is 0. The number of halogens is 1. The van der Waals surface area contributed by atoms with E-state index < -0.39 is 10.0 Å². The van der Waals surface area contributed by atoms with Crippen LogP contribution in [0.25, 0.3) is 0 Å². The van der Waals surface area contributed by atoms with Gasteiger partial charge in [-0.3, -0.25) is 4.90 Å². The normalized spacial score (nSPS) is 16.8. The third-order valence-corrected chi connectivity index (χ3v) is 4.51. The first-order valence-electron chi connectivity index (χ1n) is 7.05. The number of benzene rings is 1. The largest absolute Gasteiger partial charge is 0.300 e. The molecule has 1 aliphatic heterocycles. The monoisotopic (exact) mass is 330 g/mol. The van der Waals surface area contributed by atoms with E-state index in [2.05, 4.69) is 17.1 Å². The smallest absolute Gasteiger partial charge is 0.238 e. The second-order valence-electron chi connectivity index (χ2n) is 5.23. The van der Waals surface area contributed by atoms with E-state index in [9.17, 15) is 8.42 Å². The Hall–Kier alpha value is -0.880. The zero-order chi connectivity index (χ0) is 14.4. The maximum atomic E-state index is 11.1. The number of allylic oxidation sites excluding steroid dienone is 1. The molecule has 6 heteroatoms. The van der Waals surface area contributed by atoms with E-state index in [1.165, 1.54) is 32.4 Å². The van der Waals surface area contributed by atoms with Gasteiger partial charge in [0, 0.05) is 6.54 Å². The van der Waals surface area contributed by atoms with Crippen molar-refractivity contribution in [3.05, 3.63) is 42.0 Å². The fourth-order valence-corrected chi connectivity index (χ4v) is 2.92. The molecule has 0 aliphatic carbocycles. The Morgan fingerprint density at radius 2 is 1.67 bits per heavy atom. The van der Waals surface area contributed by atoms with Crippen molar-refractivity contribution in [1.29, 1.82) is 0 Å². The van der Waals surface area contributed by atoms with Crippen molar-refractivity contribution >= 4 is 22.4 Å². The average molecular weight is 331 g/mol. The molecule has 1 aliphatic rings. The highest BCUT2D eigenvalue weighted by Gasteiger charge is 2.07. The molecule has 0 bridgehead atoms. The van der Waals surface area contributed by atoms with Crippen LogP contribution in [0.1, 0.15) is 24.8 Å². The van der Waals surface area contributed by atoms with E-state index in [1.807, 2.05) is 12.1 Å². The molecule has 1 aromatic carbocycles. The van der Waals surface area contributed by atoms with Crippen molar-refractivity contribution < 1.29 is 8.42 Å². The molecule has 1 aromatic rings. The maximum Gasteiger partial charge on any atom is 0.238 e. The average Bonchev–Trinajstić information content (AvgIpc) is 2.44. The first-order chi connectivity index (χ1) is 9.55. The summed E-state index contributed by atoms with van der Waals surface area (Å²) in [7, 11) is -3.58. The molecule has 21 heavy (non-hydrogen) atoms. The number of rotatable bonds is 5. The van der Waals surface area contributed by atoms with E-state index in [4.69, 9.17) is 5.14 Å². The van der Waals surface area contributed by atoms with Crippen LogP contribution in [0, 0.1) is 0 Å². The van der Waals surface area contributed by atoms with Gasteiger partial charge in [-0.25, -0.2) is 13.6 Å². The van der Waals surface area contributed by atoms with Crippen LogP contribution in [0.4, 0.5) is 0 Å². The van der Waals surface area contributed by atoms with E-state index in [0.717, 1.165) is 18.5 Å². The maximum absolute atomic E-state index is 11.1. The second-order valence-corrected chi connectivity index (χ2v) is 6.79.